The molecule has 0 amide bonds. The van der Waals surface area contributed by atoms with Crippen LogP contribution in [0.4, 0.5) is 0 Å². The van der Waals surface area contributed by atoms with Crippen molar-refractivity contribution in [1.29, 1.82) is 0 Å². The molecule has 0 bridgehead atoms. The van der Waals surface area contributed by atoms with Crippen LogP contribution in [-0.4, -0.2) is 21.9 Å². The zero-order valence-electron chi connectivity index (χ0n) is 9.27. The van der Waals surface area contributed by atoms with Gasteiger partial charge in [-0.1, -0.05) is 29.3 Å². The molecule has 1 aromatic carbocycles. The van der Waals surface area contributed by atoms with Crippen molar-refractivity contribution in [1.82, 2.24) is 10.2 Å². The van der Waals surface area contributed by atoms with E-state index in [2.05, 4.69) is 10.2 Å². The number of ether oxygens (including phenoxy) is 1. The van der Waals surface area contributed by atoms with Gasteiger partial charge in [-0.25, -0.2) is 0 Å². The Morgan fingerprint density at radius 1 is 1.17 bits per heavy atom. The number of aromatic nitrogens is 2. The lowest BCUT2D eigenvalue weighted by atomic mass is 10.3. The maximum absolute atomic E-state index is 8.72. The topological polar surface area (TPSA) is 68.4 Å². The van der Waals surface area contributed by atoms with Gasteiger partial charge in [0.2, 0.25) is 5.89 Å². The normalized spacial score (nSPS) is 10.6. The fourth-order valence-corrected chi connectivity index (χ4v) is 1.80. The van der Waals surface area contributed by atoms with E-state index in [1.165, 1.54) is 0 Å². The maximum atomic E-state index is 8.72. The second-order valence-electron chi connectivity index (χ2n) is 3.40. The van der Waals surface area contributed by atoms with Crippen molar-refractivity contribution in [2.24, 2.45) is 0 Å². The zero-order valence-corrected chi connectivity index (χ0v) is 10.8. The molecule has 18 heavy (non-hydrogen) atoms. The Labute approximate surface area is 113 Å². The van der Waals surface area contributed by atoms with Crippen LogP contribution in [0, 0.1) is 0 Å². The molecule has 1 aromatic heterocycles. The molecular weight excluding hydrogens is 279 g/mol. The molecular formula is C11H10Cl2N2O3. The highest BCUT2D eigenvalue weighted by Crippen LogP contribution is 2.32. The van der Waals surface area contributed by atoms with Gasteiger partial charge in [0.25, 0.3) is 5.89 Å². The summed E-state index contributed by atoms with van der Waals surface area (Å²) in [7, 11) is 0. The molecule has 0 aliphatic rings. The molecule has 2 rings (SSSR count). The second kappa shape index (κ2) is 6.04. The number of hydrogen-bond acceptors (Lipinski definition) is 5. The average molecular weight is 289 g/mol. The zero-order chi connectivity index (χ0) is 13.0. The minimum absolute atomic E-state index is 0.0428. The fourth-order valence-electron chi connectivity index (χ4n) is 1.30. The molecule has 0 radical (unpaired) electrons. The largest absolute Gasteiger partial charge is 0.481 e. The summed E-state index contributed by atoms with van der Waals surface area (Å²) in [5, 5.41) is 17.1. The lowest BCUT2D eigenvalue weighted by Gasteiger charge is -2.06. The molecule has 0 saturated carbocycles. The molecule has 0 atom stereocenters. The standard InChI is InChI=1S/C11H10Cl2N2O3/c12-7-2-1-3-8(13)11(7)17-6-10-15-14-9(18-10)4-5-16/h1-3,16H,4-6H2. The van der Waals surface area contributed by atoms with Crippen molar-refractivity contribution in [3.63, 3.8) is 0 Å². The summed E-state index contributed by atoms with van der Waals surface area (Å²) in [6, 6.07) is 5.07. The Bertz CT molecular complexity index is 511. The van der Waals surface area contributed by atoms with Gasteiger partial charge in [-0.3, -0.25) is 0 Å². The van der Waals surface area contributed by atoms with Crippen molar-refractivity contribution in [2.75, 3.05) is 6.61 Å². The molecule has 1 heterocycles. The Morgan fingerprint density at radius 3 is 2.50 bits per heavy atom. The molecule has 0 aliphatic carbocycles. The van der Waals surface area contributed by atoms with Crippen LogP contribution < -0.4 is 4.74 Å². The van der Waals surface area contributed by atoms with Crippen LogP contribution in [0.25, 0.3) is 0 Å². The highest BCUT2D eigenvalue weighted by atomic mass is 35.5. The molecule has 0 spiro atoms. The first-order chi connectivity index (χ1) is 8.70. The van der Waals surface area contributed by atoms with E-state index in [1.807, 2.05) is 0 Å². The highest BCUT2D eigenvalue weighted by Gasteiger charge is 2.10. The first-order valence-corrected chi connectivity index (χ1v) is 5.95. The van der Waals surface area contributed by atoms with Crippen LogP contribution in [-0.2, 0) is 13.0 Å². The molecule has 1 N–H and O–H groups in total. The van der Waals surface area contributed by atoms with Gasteiger partial charge in [-0.05, 0) is 12.1 Å². The molecule has 5 nitrogen and oxygen atoms in total. The maximum Gasteiger partial charge on any atom is 0.253 e. The van der Waals surface area contributed by atoms with Crippen molar-refractivity contribution in [3.8, 4) is 5.75 Å². The summed E-state index contributed by atoms with van der Waals surface area (Å²) in [6.45, 7) is 0.0285. The average Bonchev–Trinajstić information content (AvgIpc) is 2.77. The van der Waals surface area contributed by atoms with E-state index in [9.17, 15) is 0 Å². The molecule has 96 valence electrons. The van der Waals surface area contributed by atoms with E-state index in [1.54, 1.807) is 18.2 Å². The molecule has 0 aliphatic heterocycles. The Hall–Kier alpha value is -1.30. The number of rotatable bonds is 5. The van der Waals surface area contributed by atoms with Gasteiger partial charge in [-0.2, -0.15) is 0 Å². The van der Waals surface area contributed by atoms with Gasteiger partial charge in [-0.15, -0.1) is 10.2 Å². The quantitative estimate of drug-likeness (QED) is 0.915. The monoisotopic (exact) mass is 288 g/mol. The molecule has 2 aromatic rings. The first kappa shape index (κ1) is 13.1. The third-order valence-electron chi connectivity index (χ3n) is 2.09. The van der Waals surface area contributed by atoms with E-state index >= 15 is 0 Å². The lowest BCUT2D eigenvalue weighted by molar-refractivity contribution is 0.250. The van der Waals surface area contributed by atoms with Crippen LogP contribution >= 0.6 is 23.2 Å². The van der Waals surface area contributed by atoms with E-state index in [4.69, 9.17) is 37.5 Å². The predicted octanol–water partition coefficient (Wildman–Crippen LogP) is 2.49. The van der Waals surface area contributed by atoms with E-state index in [-0.39, 0.29) is 13.2 Å². The summed E-state index contributed by atoms with van der Waals surface area (Å²) < 4.78 is 10.7. The Morgan fingerprint density at radius 2 is 1.83 bits per heavy atom. The van der Waals surface area contributed by atoms with Gasteiger partial charge >= 0.3 is 0 Å². The van der Waals surface area contributed by atoms with E-state index in [0.717, 1.165) is 0 Å². The minimum Gasteiger partial charge on any atom is -0.481 e. The Kier molecular flexibility index (Phi) is 4.41. The minimum atomic E-state index is -0.0428. The van der Waals surface area contributed by atoms with Gasteiger partial charge in [0, 0.05) is 6.42 Å². The second-order valence-corrected chi connectivity index (χ2v) is 4.22. The fraction of sp³-hybridized carbons (Fsp3) is 0.273. The van der Waals surface area contributed by atoms with Gasteiger partial charge < -0.3 is 14.3 Å². The number of aliphatic hydroxyl groups excluding tert-OH is 1. The number of hydrogen-bond donors (Lipinski definition) is 1. The van der Waals surface area contributed by atoms with Crippen LogP contribution in [0.2, 0.25) is 10.0 Å². The van der Waals surface area contributed by atoms with Crippen molar-refractivity contribution in [3.05, 3.63) is 40.0 Å². The molecule has 0 unspecified atom stereocenters. The number of nitrogens with zero attached hydrogens (tertiary/aromatic N) is 2. The third-order valence-corrected chi connectivity index (χ3v) is 2.69. The van der Waals surface area contributed by atoms with Gasteiger partial charge in [0.05, 0.1) is 16.7 Å². The number of halogens is 2. The van der Waals surface area contributed by atoms with Crippen LogP contribution in [0.1, 0.15) is 11.8 Å². The Balaban J connectivity index is 2.02. The SMILES string of the molecule is OCCc1nnc(COc2c(Cl)cccc2Cl)o1. The highest BCUT2D eigenvalue weighted by molar-refractivity contribution is 6.37. The third kappa shape index (κ3) is 3.13. The molecule has 7 heteroatoms. The lowest BCUT2D eigenvalue weighted by Crippen LogP contribution is -1.97. The first-order valence-electron chi connectivity index (χ1n) is 5.19. The summed E-state index contributed by atoms with van der Waals surface area (Å²) in [4.78, 5) is 0. The van der Waals surface area contributed by atoms with Crippen molar-refractivity contribution in [2.45, 2.75) is 13.0 Å². The van der Waals surface area contributed by atoms with Crippen molar-refractivity contribution >= 4 is 23.2 Å². The molecule has 0 fully saturated rings. The van der Waals surface area contributed by atoms with Crippen LogP contribution in [0.3, 0.4) is 0 Å². The smallest absolute Gasteiger partial charge is 0.253 e. The van der Waals surface area contributed by atoms with Gasteiger partial charge in [0.1, 0.15) is 0 Å². The van der Waals surface area contributed by atoms with E-state index in [0.29, 0.717) is 34.0 Å². The molecule has 0 saturated heterocycles. The number of benzene rings is 1. The number of aliphatic hydroxyl groups is 1. The summed E-state index contributed by atoms with van der Waals surface area (Å²) in [5.74, 6) is 1.04. The summed E-state index contributed by atoms with van der Waals surface area (Å²) in [6.07, 6.45) is 0.319. The van der Waals surface area contributed by atoms with E-state index < -0.39 is 0 Å². The summed E-state index contributed by atoms with van der Waals surface area (Å²) >= 11 is 11.9. The van der Waals surface area contributed by atoms with Gasteiger partial charge in [0.15, 0.2) is 12.4 Å². The predicted molar refractivity (Wildman–Crippen MR) is 65.9 cm³/mol. The van der Waals surface area contributed by atoms with Crippen LogP contribution in [0.5, 0.6) is 5.75 Å². The van der Waals surface area contributed by atoms with Crippen LogP contribution in [0.15, 0.2) is 22.6 Å². The number of para-hydroxylation sites is 1. The van der Waals surface area contributed by atoms with Crippen molar-refractivity contribution < 1.29 is 14.3 Å². The summed E-state index contributed by atoms with van der Waals surface area (Å²) in [5.41, 5.74) is 0.